The maximum Gasteiger partial charge on any atom is 0.160 e. The van der Waals surface area contributed by atoms with Crippen LogP contribution in [-0.4, -0.2) is 34.1 Å². The smallest absolute Gasteiger partial charge is 0.160 e. The number of hydrogen-bond donors (Lipinski definition) is 4. The molecular formula is C22H22O5. The van der Waals surface area contributed by atoms with Gasteiger partial charge >= 0.3 is 0 Å². The zero-order valence-corrected chi connectivity index (χ0v) is 14.9. The molecule has 0 saturated heterocycles. The first kappa shape index (κ1) is 18.6. The van der Waals surface area contributed by atoms with E-state index in [4.69, 9.17) is 4.74 Å². The minimum absolute atomic E-state index is 0.0313. The quantitative estimate of drug-likeness (QED) is 0.534. The van der Waals surface area contributed by atoms with Gasteiger partial charge in [-0.25, -0.2) is 0 Å². The van der Waals surface area contributed by atoms with Gasteiger partial charge < -0.3 is 25.2 Å². The summed E-state index contributed by atoms with van der Waals surface area (Å²) < 4.78 is 5.21. The molecule has 0 aromatic heterocycles. The van der Waals surface area contributed by atoms with E-state index in [1.165, 1.54) is 7.11 Å². The van der Waals surface area contributed by atoms with Crippen LogP contribution in [0, 0.1) is 0 Å². The number of ether oxygens (including phenoxy) is 1. The van der Waals surface area contributed by atoms with E-state index in [0.717, 1.165) is 16.7 Å². The van der Waals surface area contributed by atoms with Crippen LogP contribution in [0.1, 0.15) is 28.5 Å². The zero-order chi connectivity index (χ0) is 19.4. The van der Waals surface area contributed by atoms with Gasteiger partial charge in [0.2, 0.25) is 0 Å². The number of aliphatic hydroxyl groups excluding tert-OH is 1. The van der Waals surface area contributed by atoms with Crippen LogP contribution in [0.3, 0.4) is 0 Å². The van der Waals surface area contributed by atoms with Gasteiger partial charge in [-0.3, -0.25) is 0 Å². The van der Waals surface area contributed by atoms with Crippen LogP contribution in [0.15, 0.2) is 66.7 Å². The highest BCUT2D eigenvalue weighted by Gasteiger charge is 2.27. The molecule has 3 aromatic rings. The largest absolute Gasteiger partial charge is 0.508 e. The van der Waals surface area contributed by atoms with Crippen molar-refractivity contribution in [2.24, 2.45) is 0 Å². The van der Waals surface area contributed by atoms with Crippen molar-refractivity contribution >= 4 is 0 Å². The van der Waals surface area contributed by atoms with Crippen LogP contribution in [0.5, 0.6) is 23.0 Å². The summed E-state index contributed by atoms with van der Waals surface area (Å²) in [4.78, 5) is 0. The molecule has 0 amide bonds. The Kier molecular flexibility index (Phi) is 5.52. The van der Waals surface area contributed by atoms with Gasteiger partial charge in [-0.05, 0) is 53.1 Å². The summed E-state index contributed by atoms with van der Waals surface area (Å²) in [7, 11) is 1.48. The molecule has 140 valence electrons. The van der Waals surface area contributed by atoms with Gasteiger partial charge in [0.25, 0.3) is 0 Å². The van der Waals surface area contributed by atoms with Crippen LogP contribution < -0.4 is 4.74 Å². The van der Waals surface area contributed by atoms with E-state index in [0.29, 0.717) is 5.75 Å². The Morgan fingerprint density at radius 2 is 1.22 bits per heavy atom. The molecule has 0 saturated carbocycles. The maximum atomic E-state index is 10.2. The minimum atomic E-state index is -0.325. The third-order valence-corrected chi connectivity index (χ3v) is 4.74. The topological polar surface area (TPSA) is 90.2 Å². The van der Waals surface area contributed by atoms with E-state index >= 15 is 0 Å². The summed E-state index contributed by atoms with van der Waals surface area (Å²) in [6, 6.07) is 18.7. The lowest BCUT2D eigenvalue weighted by atomic mass is 9.77. The molecule has 0 aliphatic heterocycles. The van der Waals surface area contributed by atoms with Crippen molar-refractivity contribution < 1.29 is 25.2 Å². The molecule has 5 heteroatoms. The molecule has 1 atom stereocenters. The van der Waals surface area contributed by atoms with Crippen LogP contribution in [-0.2, 0) is 0 Å². The van der Waals surface area contributed by atoms with Crippen LogP contribution in [0.4, 0.5) is 0 Å². The van der Waals surface area contributed by atoms with Crippen molar-refractivity contribution in [3.05, 3.63) is 83.4 Å². The highest BCUT2D eigenvalue weighted by atomic mass is 16.5. The summed E-state index contributed by atoms with van der Waals surface area (Å²) in [5.41, 5.74) is 2.62. The lowest BCUT2D eigenvalue weighted by molar-refractivity contribution is 0.254. The van der Waals surface area contributed by atoms with E-state index in [9.17, 15) is 20.4 Å². The van der Waals surface area contributed by atoms with Crippen LogP contribution >= 0.6 is 0 Å². The van der Waals surface area contributed by atoms with Gasteiger partial charge in [0.05, 0.1) is 13.7 Å². The van der Waals surface area contributed by atoms with Crippen molar-refractivity contribution in [1.82, 2.24) is 0 Å². The second kappa shape index (κ2) is 8.01. The van der Waals surface area contributed by atoms with Crippen molar-refractivity contribution in [1.29, 1.82) is 0 Å². The maximum absolute atomic E-state index is 10.2. The van der Waals surface area contributed by atoms with Gasteiger partial charge in [0, 0.05) is 11.8 Å². The standard InChI is InChI=1S/C22H22O5/c1-27-21-12-16(6-11-20(21)26)19(13-23)22(14-2-7-17(24)8-3-14)15-4-9-18(25)10-5-15/h2-12,19,22-26H,13H2,1H3. The highest BCUT2D eigenvalue weighted by Crippen LogP contribution is 2.41. The molecule has 0 aliphatic rings. The summed E-state index contributed by atoms with van der Waals surface area (Å²) >= 11 is 0. The number of phenolic OH excluding ortho intramolecular Hbond substituents is 3. The average molecular weight is 366 g/mol. The molecule has 0 fully saturated rings. The van der Waals surface area contributed by atoms with E-state index < -0.39 is 0 Å². The molecule has 0 radical (unpaired) electrons. The number of benzene rings is 3. The van der Waals surface area contributed by atoms with Crippen molar-refractivity contribution in [3.63, 3.8) is 0 Å². The second-order valence-electron chi connectivity index (χ2n) is 6.38. The fourth-order valence-electron chi connectivity index (χ4n) is 3.35. The second-order valence-corrected chi connectivity index (χ2v) is 6.38. The molecule has 3 aromatic carbocycles. The Morgan fingerprint density at radius 3 is 1.67 bits per heavy atom. The molecule has 0 spiro atoms. The first-order chi connectivity index (χ1) is 13.0. The average Bonchev–Trinajstić information content (AvgIpc) is 2.68. The third kappa shape index (κ3) is 3.99. The van der Waals surface area contributed by atoms with Crippen LogP contribution in [0.2, 0.25) is 0 Å². The lowest BCUT2D eigenvalue weighted by Gasteiger charge is -2.28. The fraction of sp³-hybridized carbons (Fsp3) is 0.182. The van der Waals surface area contributed by atoms with Gasteiger partial charge in [-0.15, -0.1) is 0 Å². The monoisotopic (exact) mass is 366 g/mol. The minimum Gasteiger partial charge on any atom is -0.508 e. The molecule has 0 aliphatic carbocycles. The normalized spacial score (nSPS) is 12.1. The SMILES string of the molecule is COc1cc(C(CO)C(c2ccc(O)cc2)c2ccc(O)cc2)ccc1O. The van der Waals surface area contributed by atoms with Crippen molar-refractivity contribution in [3.8, 4) is 23.0 Å². The zero-order valence-electron chi connectivity index (χ0n) is 14.9. The van der Waals surface area contributed by atoms with Gasteiger partial charge in [0.1, 0.15) is 11.5 Å². The molecule has 1 unspecified atom stereocenters. The van der Waals surface area contributed by atoms with E-state index in [1.807, 2.05) is 24.3 Å². The summed E-state index contributed by atoms with van der Waals surface area (Å²) in [5.74, 6) is 0.133. The molecular weight excluding hydrogens is 344 g/mol. The first-order valence-electron chi connectivity index (χ1n) is 8.59. The Balaban J connectivity index is 2.12. The number of rotatable bonds is 6. The fourth-order valence-corrected chi connectivity index (χ4v) is 3.35. The molecule has 5 nitrogen and oxygen atoms in total. The molecule has 3 rings (SSSR count). The molecule has 0 heterocycles. The number of aliphatic hydroxyl groups is 1. The third-order valence-electron chi connectivity index (χ3n) is 4.74. The van der Waals surface area contributed by atoms with Gasteiger partial charge in [0.15, 0.2) is 11.5 Å². The Bertz CT molecular complexity index is 842. The molecule has 27 heavy (non-hydrogen) atoms. The first-order valence-corrected chi connectivity index (χ1v) is 8.59. The Morgan fingerprint density at radius 1 is 0.741 bits per heavy atom. The van der Waals surface area contributed by atoms with Gasteiger partial charge in [-0.1, -0.05) is 30.3 Å². The van der Waals surface area contributed by atoms with E-state index in [1.54, 1.807) is 42.5 Å². The summed E-state index contributed by atoms with van der Waals surface area (Å²) in [5, 5.41) is 39.4. The number of aromatic hydroxyl groups is 3. The number of phenols is 3. The number of hydrogen-bond acceptors (Lipinski definition) is 5. The van der Waals surface area contributed by atoms with E-state index in [-0.39, 0.29) is 35.7 Å². The van der Waals surface area contributed by atoms with Crippen LogP contribution in [0.25, 0.3) is 0 Å². The predicted molar refractivity (Wildman–Crippen MR) is 103 cm³/mol. The Hall–Kier alpha value is -3.18. The molecule has 4 N–H and O–H groups in total. The lowest BCUT2D eigenvalue weighted by Crippen LogP contribution is -2.16. The summed E-state index contributed by atoms with van der Waals surface area (Å²) in [6.45, 7) is -0.139. The molecule has 0 bridgehead atoms. The van der Waals surface area contributed by atoms with Crippen molar-refractivity contribution in [2.45, 2.75) is 11.8 Å². The van der Waals surface area contributed by atoms with Crippen molar-refractivity contribution in [2.75, 3.05) is 13.7 Å². The predicted octanol–water partition coefficient (Wildman–Crippen LogP) is 3.72. The van der Waals surface area contributed by atoms with E-state index in [2.05, 4.69) is 0 Å². The van der Waals surface area contributed by atoms with Gasteiger partial charge in [-0.2, -0.15) is 0 Å². The number of methoxy groups -OCH3 is 1. The Labute approximate surface area is 157 Å². The summed E-state index contributed by atoms with van der Waals surface area (Å²) in [6.07, 6.45) is 0. The highest BCUT2D eigenvalue weighted by molar-refractivity contribution is 5.46.